The molecule has 1 aromatic heterocycles. The molecule has 8 nitrogen and oxygen atoms in total. The van der Waals surface area contributed by atoms with E-state index in [1.54, 1.807) is 24.4 Å². The van der Waals surface area contributed by atoms with Crippen LogP contribution in [-0.2, 0) is 15.1 Å². The number of ether oxygens (including phenoxy) is 1. The molecule has 9 heteroatoms. The normalized spacial score (nSPS) is 20.7. The van der Waals surface area contributed by atoms with E-state index < -0.39 is 17.6 Å². The number of fused-ring (bicyclic) bond motifs is 1. The van der Waals surface area contributed by atoms with Crippen molar-refractivity contribution in [3.05, 3.63) is 41.6 Å². The van der Waals surface area contributed by atoms with E-state index in [0.29, 0.717) is 54.2 Å². The first-order valence-corrected chi connectivity index (χ1v) is 10.9. The van der Waals surface area contributed by atoms with E-state index in [2.05, 4.69) is 16.4 Å². The lowest BCUT2D eigenvalue weighted by Crippen LogP contribution is -2.42. The number of nitriles is 1. The van der Waals surface area contributed by atoms with Gasteiger partial charge in [0, 0.05) is 43.4 Å². The van der Waals surface area contributed by atoms with Gasteiger partial charge in [0.2, 0.25) is 5.91 Å². The Morgan fingerprint density at radius 1 is 1.37 bits per heavy atom. The lowest BCUT2D eigenvalue weighted by atomic mass is 9.85. The predicted molar refractivity (Wildman–Crippen MR) is 112 cm³/mol. The molecular weight excluding hydrogens is 404 g/mol. The Kier molecular flexibility index (Phi) is 5.90. The van der Waals surface area contributed by atoms with Gasteiger partial charge in [-0.2, -0.15) is 5.26 Å². The van der Waals surface area contributed by atoms with Crippen molar-refractivity contribution < 1.29 is 19.4 Å². The molecule has 1 aromatic carbocycles. The summed E-state index contributed by atoms with van der Waals surface area (Å²) in [7, 11) is 0. The summed E-state index contributed by atoms with van der Waals surface area (Å²) in [5, 5.41) is 23.4. The number of carbonyl (C=O) groups excluding carboxylic acids is 2. The van der Waals surface area contributed by atoms with Gasteiger partial charge in [0.15, 0.2) is 0 Å². The van der Waals surface area contributed by atoms with Crippen LogP contribution in [-0.4, -0.2) is 64.2 Å². The SMILES string of the molecule is N#CC1CSCN1C(=O)CNC(=O)c1ccnc2ccc(C3(O)CCOCC3)cc12. The molecule has 0 radical (unpaired) electrons. The van der Waals surface area contributed by atoms with Crippen molar-refractivity contribution in [1.82, 2.24) is 15.2 Å². The molecule has 2 amide bonds. The van der Waals surface area contributed by atoms with E-state index in [-0.39, 0.29) is 12.5 Å². The van der Waals surface area contributed by atoms with Gasteiger partial charge in [0.25, 0.3) is 5.91 Å². The van der Waals surface area contributed by atoms with Gasteiger partial charge in [-0.15, -0.1) is 11.8 Å². The fraction of sp³-hybridized carbons (Fsp3) is 0.429. The number of pyridine rings is 1. The maximum absolute atomic E-state index is 12.8. The van der Waals surface area contributed by atoms with Gasteiger partial charge in [0.05, 0.1) is 35.2 Å². The van der Waals surface area contributed by atoms with Crippen LogP contribution in [0.25, 0.3) is 10.9 Å². The topological polar surface area (TPSA) is 116 Å². The summed E-state index contributed by atoms with van der Waals surface area (Å²) < 4.78 is 5.35. The van der Waals surface area contributed by atoms with Crippen LogP contribution in [0.3, 0.4) is 0 Å². The highest BCUT2D eigenvalue weighted by Crippen LogP contribution is 2.34. The number of nitrogens with zero attached hydrogens (tertiary/aromatic N) is 3. The first-order valence-electron chi connectivity index (χ1n) is 9.76. The number of nitrogens with one attached hydrogen (secondary N) is 1. The molecular formula is C21H22N4O4S. The largest absolute Gasteiger partial charge is 0.385 e. The van der Waals surface area contributed by atoms with E-state index in [1.165, 1.54) is 16.7 Å². The predicted octanol–water partition coefficient (Wildman–Crippen LogP) is 1.39. The molecule has 2 aliphatic rings. The highest BCUT2D eigenvalue weighted by molar-refractivity contribution is 7.99. The molecule has 156 valence electrons. The van der Waals surface area contributed by atoms with Crippen LogP contribution in [0.2, 0.25) is 0 Å². The van der Waals surface area contributed by atoms with Gasteiger partial charge in [0.1, 0.15) is 6.04 Å². The highest BCUT2D eigenvalue weighted by Gasteiger charge is 2.32. The molecule has 2 saturated heterocycles. The van der Waals surface area contributed by atoms with Gasteiger partial charge in [-0.25, -0.2) is 0 Å². The number of aliphatic hydroxyl groups is 1. The Labute approximate surface area is 178 Å². The number of aromatic nitrogens is 1. The van der Waals surface area contributed by atoms with E-state index in [9.17, 15) is 14.7 Å². The fourth-order valence-corrected chi connectivity index (χ4v) is 4.88. The maximum atomic E-state index is 12.8. The zero-order valence-corrected chi connectivity index (χ0v) is 17.2. The van der Waals surface area contributed by atoms with Crippen molar-refractivity contribution in [1.29, 1.82) is 5.26 Å². The average Bonchev–Trinajstić information content (AvgIpc) is 3.26. The van der Waals surface area contributed by atoms with Crippen molar-refractivity contribution in [2.24, 2.45) is 0 Å². The summed E-state index contributed by atoms with van der Waals surface area (Å²) in [6, 6.07) is 8.68. The Balaban J connectivity index is 1.54. The number of hydrogen-bond donors (Lipinski definition) is 2. The lowest BCUT2D eigenvalue weighted by molar-refractivity contribution is -0.129. The minimum Gasteiger partial charge on any atom is -0.385 e. The zero-order chi connectivity index (χ0) is 21.1. The number of benzene rings is 1. The average molecular weight is 426 g/mol. The molecule has 2 aromatic rings. The number of amides is 2. The van der Waals surface area contributed by atoms with Crippen molar-refractivity contribution in [2.75, 3.05) is 31.4 Å². The van der Waals surface area contributed by atoms with Crippen LogP contribution in [0.15, 0.2) is 30.5 Å². The molecule has 2 N–H and O–H groups in total. The van der Waals surface area contributed by atoms with Crippen LogP contribution in [0.5, 0.6) is 0 Å². The Morgan fingerprint density at radius 2 is 2.17 bits per heavy atom. The second kappa shape index (κ2) is 8.60. The molecule has 1 unspecified atom stereocenters. The molecule has 1 atom stereocenters. The Hall–Kier alpha value is -2.67. The second-order valence-electron chi connectivity index (χ2n) is 7.43. The van der Waals surface area contributed by atoms with Crippen molar-refractivity contribution in [3.8, 4) is 6.07 Å². The first kappa shape index (κ1) is 20.6. The molecule has 3 heterocycles. The minimum atomic E-state index is -0.994. The maximum Gasteiger partial charge on any atom is 0.252 e. The van der Waals surface area contributed by atoms with Gasteiger partial charge < -0.3 is 20.1 Å². The quantitative estimate of drug-likeness (QED) is 0.759. The molecule has 30 heavy (non-hydrogen) atoms. The summed E-state index contributed by atoms with van der Waals surface area (Å²) in [6.45, 7) is 0.785. The third-order valence-electron chi connectivity index (χ3n) is 5.60. The van der Waals surface area contributed by atoms with Crippen molar-refractivity contribution in [2.45, 2.75) is 24.5 Å². The molecule has 0 aliphatic carbocycles. The third-order valence-corrected chi connectivity index (χ3v) is 6.61. The van der Waals surface area contributed by atoms with E-state index in [0.717, 1.165) is 5.56 Å². The second-order valence-corrected chi connectivity index (χ2v) is 8.43. The monoisotopic (exact) mass is 426 g/mol. The van der Waals surface area contributed by atoms with Crippen LogP contribution in [0.1, 0.15) is 28.8 Å². The van der Waals surface area contributed by atoms with Gasteiger partial charge >= 0.3 is 0 Å². The van der Waals surface area contributed by atoms with Crippen LogP contribution in [0.4, 0.5) is 0 Å². The molecule has 2 fully saturated rings. The zero-order valence-electron chi connectivity index (χ0n) is 16.3. The van der Waals surface area contributed by atoms with Gasteiger partial charge in [-0.1, -0.05) is 6.07 Å². The summed E-state index contributed by atoms with van der Waals surface area (Å²) in [5.41, 5.74) is 0.750. The lowest BCUT2D eigenvalue weighted by Gasteiger charge is -2.32. The van der Waals surface area contributed by atoms with Gasteiger partial charge in [-0.05, 0) is 23.8 Å². The fourth-order valence-electron chi connectivity index (χ4n) is 3.78. The summed E-state index contributed by atoms with van der Waals surface area (Å²) >= 11 is 1.52. The van der Waals surface area contributed by atoms with Crippen molar-refractivity contribution >= 4 is 34.5 Å². The molecule has 2 aliphatic heterocycles. The van der Waals surface area contributed by atoms with Gasteiger partial charge in [-0.3, -0.25) is 14.6 Å². The van der Waals surface area contributed by atoms with E-state index >= 15 is 0 Å². The Bertz CT molecular complexity index is 1020. The smallest absolute Gasteiger partial charge is 0.252 e. The standard InChI is InChI=1S/C21H22N4O4S/c22-10-15-12-30-13-25(15)19(26)11-24-20(27)16-3-6-23-18-2-1-14(9-17(16)18)21(28)4-7-29-8-5-21/h1-3,6,9,15,28H,4-5,7-8,11-13H2,(H,24,27). The highest BCUT2D eigenvalue weighted by atomic mass is 32.2. The summed E-state index contributed by atoms with van der Waals surface area (Å²) in [4.78, 5) is 31.0. The minimum absolute atomic E-state index is 0.178. The molecule has 4 rings (SSSR count). The third kappa shape index (κ3) is 3.99. The summed E-state index contributed by atoms with van der Waals surface area (Å²) in [5.74, 6) is 0.362. The first-order chi connectivity index (χ1) is 14.5. The molecule has 0 bridgehead atoms. The number of thioether (sulfide) groups is 1. The van der Waals surface area contributed by atoms with Crippen LogP contribution >= 0.6 is 11.8 Å². The molecule has 0 saturated carbocycles. The Morgan fingerprint density at radius 3 is 2.93 bits per heavy atom. The van der Waals surface area contributed by atoms with Crippen molar-refractivity contribution in [3.63, 3.8) is 0 Å². The number of carbonyl (C=O) groups is 2. The summed E-state index contributed by atoms with van der Waals surface area (Å²) in [6.07, 6.45) is 2.52. The van der Waals surface area contributed by atoms with E-state index in [4.69, 9.17) is 10.00 Å². The molecule has 0 spiro atoms. The number of rotatable bonds is 4. The van der Waals surface area contributed by atoms with Crippen LogP contribution < -0.4 is 5.32 Å². The van der Waals surface area contributed by atoms with E-state index in [1.807, 2.05) is 6.07 Å². The van der Waals surface area contributed by atoms with Crippen LogP contribution in [0, 0.1) is 11.3 Å². The number of hydrogen-bond acceptors (Lipinski definition) is 7.